The number of Topliss-reactive ketones (excluding diaryl/α,β-unsaturated/α-hetero) is 1. The highest BCUT2D eigenvalue weighted by molar-refractivity contribution is 6.67. The van der Waals surface area contributed by atoms with Crippen LogP contribution in [0.4, 0.5) is 28.9 Å². The maximum absolute atomic E-state index is 13.9. The zero-order valence-corrected chi connectivity index (χ0v) is 13.9. The molecule has 0 radical (unpaired) electrons. The molecule has 2 aromatic rings. The van der Waals surface area contributed by atoms with E-state index in [0.717, 1.165) is 42.5 Å². The van der Waals surface area contributed by atoms with Gasteiger partial charge in [-0.15, -0.1) is 13.2 Å². The van der Waals surface area contributed by atoms with E-state index in [0.29, 0.717) is 0 Å². The Bertz CT molecular complexity index is 989. The molecule has 0 heterocycles. The van der Waals surface area contributed by atoms with Crippen LogP contribution in [-0.2, 0) is 4.79 Å². The molecule has 0 aromatic heterocycles. The molecule has 0 saturated heterocycles. The number of benzene rings is 2. The van der Waals surface area contributed by atoms with Crippen molar-refractivity contribution < 1.29 is 41.9 Å². The molecule has 0 unspecified atom stereocenters. The monoisotopic (exact) mass is 415 g/mol. The van der Waals surface area contributed by atoms with Crippen molar-refractivity contribution in [3.05, 3.63) is 64.0 Å². The largest absolute Gasteiger partial charge is 0.573 e. The van der Waals surface area contributed by atoms with Gasteiger partial charge in [0.2, 0.25) is 11.5 Å². The van der Waals surface area contributed by atoms with Gasteiger partial charge in [0, 0.05) is 6.07 Å². The lowest BCUT2D eigenvalue weighted by Gasteiger charge is -2.09. The van der Waals surface area contributed by atoms with Crippen LogP contribution in [0.5, 0.6) is 5.75 Å². The van der Waals surface area contributed by atoms with Gasteiger partial charge in [-0.1, -0.05) is 6.07 Å². The van der Waals surface area contributed by atoms with E-state index < -0.39 is 51.6 Å². The number of nitro groups is 1. The zero-order chi connectivity index (χ0) is 21.8. The Morgan fingerprint density at radius 1 is 1.14 bits per heavy atom. The van der Waals surface area contributed by atoms with E-state index in [1.807, 2.05) is 0 Å². The van der Waals surface area contributed by atoms with E-state index in [2.05, 4.69) is 15.3 Å². The van der Waals surface area contributed by atoms with Crippen molar-refractivity contribution in [2.24, 2.45) is 5.10 Å². The van der Waals surface area contributed by atoms with Crippen molar-refractivity contribution in [2.75, 3.05) is 5.43 Å². The summed E-state index contributed by atoms with van der Waals surface area (Å²) in [6.07, 6.45) is -4.91. The molecule has 29 heavy (non-hydrogen) atoms. The van der Waals surface area contributed by atoms with Crippen LogP contribution in [0.3, 0.4) is 0 Å². The minimum absolute atomic E-state index is 0.0471. The van der Waals surface area contributed by atoms with Crippen molar-refractivity contribution in [3.8, 4) is 5.75 Å². The molecule has 152 valence electrons. The number of anilines is 1. The van der Waals surface area contributed by atoms with E-state index >= 15 is 0 Å². The van der Waals surface area contributed by atoms with Crippen LogP contribution in [0.25, 0.3) is 0 Å². The number of alkyl halides is 3. The van der Waals surface area contributed by atoms with Crippen LogP contribution in [0, 0.1) is 15.9 Å². The lowest BCUT2D eigenvalue weighted by molar-refractivity contribution is -0.385. The molecular weight excluding hydrogens is 406 g/mol. The molecule has 0 aliphatic carbocycles. The van der Waals surface area contributed by atoms with Crippen LogP contribution >= 0.6 is 0 Å². The molecule has 2 N–H and O–H groups in total. The Morgan fingerprint density at radius 2 is 1.76 bits per heavy atom. The molecule has 0 aliphatic heterocycles. The number of halogens is 4. The van der Waals surface area contributed by atoms with Gasteiger partial charge in [-0.2, -0.15) is 5.10 Å². The maximum Gasteiger partial charge on any atom is 0.573 e. The lowest BCUT2D eigenvalue weighted by atomic mass is 10.0. The number of rotatable bonds is 7. The number of hydrogen-bond acceptors (Lipinski definition) is 7. The predicted molar refractivity (Wildman–Crippen MR) is 89.2 cm³/mol. The lowest BCUT2D eigenvalue weighted by Crippen LogP contribution is -2.26. The molecule has 0 spiro atoms. The van der Waals surface area contributed by atoms with E-state index in [1.165, 1.54) is 0 Å². The van der Waals surface area contributed by atoms with Gasteiger partial charge in [0.05, 0.1) is 10.6 Å². The standard InChI is InChI=1S/C16H9F4N3O6/c17-10-2-1-3-11(23(27)28)12(10)14(24)13(15(25)26)22-21-8-4-6-9(7-5-8)29-16(18,19)20/h1-7,21H,(H,25,26)/b22-13-. The van der Waals surface area contributed by atoms with Crippen LogP contribution in [-0.4, -0.2) is 33.9 Å². The molecule has 0 aliphatic rings. The van der Waals surface area contributed by atoms with Gasteiger partial charge in [0.1, 0.15) is 17.1 Å². The number of nitro benzene ring substituents is 1. The molecule has 2 aromatic carbocycles. The van der Waals surface area contributed by atoms with Crippen LogP contribution in [0.2, 0.25) is 0 Å². The number of carbonyl (C=O) groups is 2. The highest BCUT2D eigenvalue weighted by atomic mass is 19.4. The summed E-state index contributed by atoms with van der Waals surface area (Å²) in [4.78, 5) is 33.5. The van der Waals surface area contributed by atoms with Gasteiger partial charge >= 0.3 is 12.3 Å². The van der Waals surface area contributed by atoms with Crippen LogP contribution in [0.1, 0.15) is 10.4 Å². The second kappa shape index (κ2) is 8.33. The fourth-order valence-corrected chi connectivity index (χ4v) is 2.06. The van der Waals surface area contributed by atoms with E-state index in [-0.39, 0.29) is 5.69 Å². The van der Waals surface area contributed by atoms with E-state index in [4.69, 9.17) is 5.11 Å². The molecule has 13 heteroatoms. The van der Waals surface area contributed by atoms with E-state index in [9.17, 15) is 37.3 Å². The number of carboxylic acids is 1. The normalized spacial score (nSPS) is 11.7. The van der Waals surface area contributed by atoms with Crippen molar-refractivity contribution in [3.63, 3.8) is 0 Å². The summed E-state index contributed by atoms with van der Waals surface area (Å²) in [5.41, 5.74) is -1.30. The van der Waals surface area contributed by atoms with Crippen molar-refractivity contribution in [2.45, 2.75) is 6.36 Å². The summed E-state index contributed by atoms with van der Waals surface area (Å²) in [5.74, 6) is -5.39. The SMILES string of the molecule is O=C(O)/C(=N\Nc1ccc(OC(F)(F)F)cc1)C(=O)c1c(F)cccc1[N+](=O)[O-]. The summed E-state index contributed by atoms with van der Waals surface area (Å²) in [5, 5.41) is 23.4. The summed E-state index contributed by atoms with van der Waals surface area (Å²) in [6, 6.07) is 6.32. The quantitative estimate of drug-likeness (QED) is 0.177. The van der Waals surface area contributed by atoms with Crippen molar-refractivity contribution in [1.82, 2.24) is 0 Å². The average Bonchev–Trinajstić information content (AvgIpc) is 2.61. The average molecular weight is 415 g/mol. The number of carbonyl (C=O) groups excluding carboxylic acids is 1. The molecule has 0 fully saturated rings. The van der Waals surface area contributed by atoms with E-state index in [1.54, 1.807) is 0 Å². The second-order valence-electron chi connectivity index (χ2n) is 5.17. The second-order valence-corrected chi connectivity index (χ2v) is 5.17. The van der Waals surface area contributed by atoms with Gasteiger partial charge in [-0.3, -0.25) is 20.3 Å². The first-order valence-corrected chi connectivity index (χ1v) is 7.40. The third-order valence-electron chi connectivity index (χ3n) is 3.22. The number of hydrazone groups is 1. The number of aliphatic carboxylic acids is 1. The third-order valence-corrected chi connectivity index (χ3v) is 3.22. The summed E-state index contributed by atoms with van der Waals surface area (Å²) >= 11 is 0. The minimum atomic E-state index is -4.91. The zero-order valence-electron chi connectivity index (χ0n) is 13.9. The Morgan fingerprint density at radius 3 is 2.28 bits per heavy atom. The maximum atomic E-state index is 13.9. The van der Waals surface area contributed by atoms with Crippen LogP contribution in [0.15, 0.2) is 47.6 Å². The number of carboxylic acid groups (broad SMARTS) is 1. The van der Waals surface area contributed by atoms with Gasteiger partial charge in [-0.25, -0.2) is 9.18 Å². The predicted octanol–water partition coefficient (Wildman–Crippen LogP) is 3.37. The highest BCUT2D eigenvalue weighted by Gasteiger charge is 2.32. The van der Waals surface area contributed by atoms with Gasteiger partial charge in [0.15, 0.2) is 0 Å². The molecule has 2 rings (SSSR count). The topological polar surface area (TPSA) is 131 Å². The molecule has 0 saturated carbocycles. The Balaban J connectivity index is 2.31. The van der Waals surface area contributed by atoms with Crippen molar-refractivity contribution in [1.29, 1.82) is 0 Å². The van der Waals surface area contributed by atoms with Gasteiger partial charge < -0.3 is 9.84 Å². The molecule has 0 atom stereocenters. The fraction of sp³-hybridized carbons (Fsp3) is 0.0625. The van der Waals surface area contributed by atoms with Gasteiger partial charge in [0.25, 0.3) is 5.69 Å². The Labute approximate surface area is 158 Å². The number of ketones is 1. The molecular formula is C16H9F4N3O6. The Kier molecular flexibility index (Phi) is 6.11. The fourth-order valence-electron chi connectivity index (χ4n) is 2.06. The first kappa shape index (κ1) is 21.3. The minimum Gasteiger partial charge on any atom is -0.476 e. The molecule has 0 amide bonds. The van der Waals surface area contributed by atoms with Gasteiger partial charge in [-0.05, 0) is 30.3 Å². The summed E-state index contributed by atoms with van der Waals surface area (Å²) < 4.78 is 53.9. The number of ether oxygens (including phenoxy) is 1. The number of nitrogens with one attached hydrogen (secondary N) is 1. The number of nitrogens with zero attached hydrogens (tertiary/aromatic N) is 2. The number of hydrogen-bond donors (Lipinski definition) is 2. The van der Waals surface area contributed by atoms with Crippen molar-refractivity contribution >= 4 is 28.8 Å². The highest BCUT2D eigenvalue weighted by Crippen LogP contribution is 2.25. The first-order chi connectivity index (χ1) is 13.5. The molecule has 9 nitrogen and oxygen atoms in total. The third kappa shape index (κ3) is 5.47. The summed E-state index contributed by atoms with van der Waals surface area (Å²) in [7, 11) is 0. The smallest absolute Gasteiger partial charge is 0.476 e. The summed E-state index contributed by atoms with van der Waals surface area (Å²) in [6.45, 7) is 0. The first-order valence-electron chi connectivity index (χ1n) is 7.40. The van der Waals surface area contributed by atoms with Crippen LogP contribution < -0.4 is 10.2 Å². The Hall–Kier alpha value is -4.03. The molecule has 0 bridgehead atoms.